The first-order chi connectivity index (χ1) is 17.5. The van der Waals surface area contributed by atoms with Crippen molar-refractivity contribution >= 4 is 55.7 Å². The van der Waals surface area contributed by atoms with Crippen molar-refractivity contribution in [3.05, 3.63) is 91.0 Å². The van der Waals surface area contributed by atoms with Gasteiger partial charge in [0.05, 0.1) is 22.7 Å². The summed E-state index contributed by atoms with van der Waals surface area (Å²) in [4.78, 5) is 0. The zero-order valence-electron chi connectivity index (χ0n) is 19.9. The first-order valence-corrected chi connectivity index (χ1v) is 11.7. The van der Waals surface area contributed by atoms with E-state index in [1.165, 1.54) is 0 Å². The average Bonchev–Trinajstić information content (AvgIpc) is 2.87. The van der Waals surface area contributed by atoms with Crippen LogP contribution in [0.4, 0.5) is 34.1 Å². The van der Waals surface area contributed by atoms with Crippen LogP contribution in [0.25, 0.3) is 21.5 Å². The highest BCUT2D eigenvalue weighted by molar-refractivity contribution is 6.09. The van der Waals surface area contributed by atoms with E-state index in [0.717, 1.165) is 44.3 Å². The monoisotopic (exact) mass is 472 g/mol. The van der Waals surface area contributed by atoms with Gasteiger partial charge in [0.25, 0.3) is 0 Å². The van der Waals surface area contributed by atoms with Crippen molar-refractivity contribution in [1.29, 1.82) is 0 Å². The molecule has 5 aromatic carbocycles. The van der Waals surface area contributed by atoms with Gasteiger partial charge < -0.3 is 15.7 Å². The van der Waals surface area contributed by atoms with E-state index in [9.17, 15) is 5.11 Å². The highest BCUT2D eigenvalue weighted by atomic mass is 16.3. The second-order valence-electron chi connectivity index (χ2n) is 9.30. The highest BCUT2D eigenvalue weighted by Gasteiger charge is 2.25. The summed E-state index contributed by atoms with van der Waals surface area (Å²) in [5.74, 6) is 0.154. The molecule has 7 heteroatoms. The number of nitrogens with one attached hydrogen (secondary N) is 2. The molecule has 7 nitrogen and oxygen atoms in total. The second kappa shape index (κ2) is 8.46. The van der Waals surface area contributed by atoms with E-state index in [0.29, 0.717) is 11.4 Å². The Hall–Kier alpha value is -4.78. The molecule has 1 heterocycles. The van der Waals surface area contributed by atoms with Gasteiger partial charge in [-0.2, -0.15) is 5.11 Å². The lowest BCUT2D eigenvalue weighted by Gasteiger charge is -2.36. The van der Waals surface area contributed by atoms with Gasteiger partial charge in [0.1, 0.15) is 11.4 Å². The Morgan fingerprint density at radius 3 is 1.83 bits per heavy atom. The summed E-state index contributed by atoms with van der Waals surface area (Å²) >= 11 is 0. The summed E-state index contributed by atoms with van der Waals surface area (Å²) in [6.07, 6.45) is 0. The lowest BCUT2D eigenvalue weighted by molar-refractivity contribution is 0.475. The number of phenols is 1. The zero-order chi connectivity index (χ0) is 24.7. The van der Waals surface area contributed by atoms with Crippen LogP contribution in [0.3, 0.4) is 0 Å². The molecule has 1 aliphatic heterocycles. The highest BCUT2D eigenvalue weighted by Crippen LogP contribution is 2.42. The summed E-state index contributed by atoms with van der Waals surface area (Å²) in [6, 6.07) is 28.7. The van der Waals surface area contributed by atoms with Gasteiger partial charge in [-0.1, -0.05) is 42.5 Å². The molecule has 176 valence electrons. The quantitative estimate of drug-likeness (QED) is 0.228. The molecule has 1 aliphatic rings. The number of phenolic OH excluding ortho intramolecular Hbond substituents is 1. The minimum Gasteiger partial charge on any atom is -0.508 e. The largest absolute Gasteiger partial charge is 0.508 e. The number of nitrogens with zero attached hydrogens (tertiary/aromatic N) is 4. The summed E-state index contributed by atoms with van der Waals surface area (Å²) in [5, 5.41) is 38.8. The third-order valence-corrected chi connectivity index (χ3v) is 6.16. The summed E-state index contributed by atoms with van der Waals surface area (Å²) in [6.45, 7) is 4.22. The van der Waals surface area contributed by atoms with Crippen LogP contribution >= 0.6 is 0 Å². The molecule has 0 atom stereocenters. The molecule has 0 bridgehead atoms. The maximum Gasteiger partial charge on any atom is 0.117 e. The smallest absolute Gasteiger partial charge is 0.117 e. The van der Waals surface area contributed by atoms with Crippen LogP contribution in [0.5, 0.6) is 5.75 Å². The number of azo groups is 2. The minimum atomic E-state index is -0.233. The topological polar surface area (TPSA) is 93.7 Å². The van der Waals surface area contributed by atoms with Gasteiger partial charge in [0.2, 0.25) is 0 Å². The Bertz CT molecular complexity index is 1670. The SMILES string of the molecule is CC1(C)Nc2cccc3c(N=Nc4ccc(N=Nc5cccc(O)c5)c5ccccc45)ccc(c23)N1. The Morgan fingerprint density at radius 1 is 0.583 bits per heavy atom. The van der Waals surface area contributed by atoms with Gasteiger partial charge in [-0.15, -0.1) is 15.3 Å². The fraction of sp³-hybridized carbons (Fsp3) is 0.103. The van der Waals surface area contributed by atoms with E-state index in [2.05, 4.69) is 63.1 Å². The van der Waals surface area contributed by atoms with Crippen molar-refractivity contribution in [2.45, 2.75) is 19.5 Å². The van der Waals surface area contributed by atoms with E-state index >= 15 is 0 Å². The average molecular weight is 473 g/mol. The maximum absolute atomic E-state index is 9.68. The number of hydrogen-bond acceptors (Lipinski definition) is 7. The Balaban J connectivity index is 1.38. The number of fused-ring (bicyclic) bond motifs is 1. The number of aromatic hydroxyl groups is 1. The summed E-state index contributed by atoms with van der Waals surface area (Å²) in [7, 11) is 0. The number of hydrogen-bond donors (Lipinski definition) is 3. The zero-order valence-corrected chi connectivity index (χ0v) is 19.9. The van der Waals surface area contributed by atoms with E-state index in [1.807, 2.05) is 48.5 Å². The number of rotatable bonds is 4. The number of anilines is 2. The predicted octanol–water partition coefficient (Wildman–Crippen LogP) is 9.10. The first-order valence-electron chi connectivity index (χ1n) is 11.7. The van der Waals surface area contributed by atoms with E-state index in [-0.39, 0.29) is 11.4 Å². The van der Waals surface area contributed by atoms with E-state index in [1.54, 1.807) is 24.3 Å². The summed E-state index contributed by atoms with van der Waals surface area (Å²) in [5.41, 5.74) is 4.77. The molecule has 0 unspecified atom stereocenters. The van der Waals surface area contributed by atoms with E-state index in [4.69, 9.17) is 0 Å². The van der Waals surface area contributed by atoms with Crippen molar-refractivity contribution < 1.29 is 5.11 Å². The minimum absolute atomic E-state index is 0.154. The third-order valence-electron chi connectivity index (χ3n) is 6.16. The molecule has 0 amide bonds. The lowest BCUT2D eigenvalue weighted by atomic mass is 10.00. The van der Waals surface area contributed by atoms with Gasteiger partial charge >= 0.3 is 0 Å². The molecule has 0 radical (unpaired) electrons. The van der Waals surface area contributed by atoms with Crippen molar-refractivity contribution in [2.24, 2.45) is 20.5 Å². The van der Waals surface area contributed by atoms with Gasteiger partial charge in [0.15, 0.2) is 0 Å². The molecule has 36 heavy (non-hydrogen) atoms. The van der Waals surface area contributed by atoms with Gasteiger partial charge in [-0.3, -0.25) is 0 Å². The van der Waals surface area contributed by atoms with Crippen LogP contribution in [0.1, 0.15) is 13.8 Å². The van der Waals surface area contributed by atoms with Crippen LogP contribution in [-0.4, -0.2) is 10.8 Å². The molecule has 3 N–H and O–H groups in total. The van der Waals surface area contributed by atoms with E-state index < -0.39 is 0 Å². The van der Waals surface area contributed by atoms with Gasteiger partial charge in [-0.05, 0) is 56.3 Å². The van der Waals surface area contributed by atoms with Crippen LogP contribution < -0.4 is 10.6 Å². The van der Waals surface area contributed by atoms with Crippen LogP contribution in [-0.2, 0) is 0 Å². The molecule has 0 saturated carbocycles. The molecular weight excluding hydrogens is 448 g/mol. The van der Waals surface area contributed by atoms with Crippen molar-refractivity contribution in [2.75, 3.05) is 10.6 Å². The van der Waals surface area contributed by atoms with Crippen molar-refractivity contribution in [3.63, 3.8) is 0 Å². The standard InChI is InChI=1S/C29H24N6O/c1-29(2)30-26-12-6-11-22-25(15-16-27(31-29)28(22)26)35-34-24-14-13-23(20-9-3-4-10-21(20)24)33-32-18-7-5-8-19(36)17-18/h3-17,30-31,36H,1-2H3. The van der Waals surface area contributed by atoms with Crippen molar-refractivity contribution in [1.82, 2.24) is 0 Å². The Labute approximate surface area is 208 Å². The fourth-order valence-electron chi connectivity index (χ4n) is 4.61. The maximum atomic E-state index is 9.68. The molecule has 0 aromatic heterocycles. The molecule has 5 aromatic rings. The molecule has 0 spiro atoms. The number of benzene rings is 5. The molecule has 0 fully saturated rings. The fourth-order valence-corrected chi connectivity index (χ4v) is 4.61. The van der Waals surface area contributed by atoms with Crippen molar-refractivity contribution in [3.8, 4) is 5.75 Å². The normalized spacial score (nSPS) is 14.4. The molecule has 0 saturated heterocycles. The molecule has 6 rings (SSSR count). The molecular formula is C29H24N6O. The van der Waals surface area contributed by atoms with Gasteiger partial charge in [-0.25, -0.2) is 0 Å². The van der Waals surface area contributed by atoms with Crippen LogP contribution in [0, 0.1) is 0 Å². The Morgan fingerprint density at radius 2 is 1.14 bits per heavy atom. The van der Waals surface area contributed by atoms with Crippen LogP contribution in [0.2, 0.25) is 0 Å². The van der Waals surface area contributed by atoms with Crippen LogP contribution in [0.15, 0.2) is 111 Å². The third kappa shape index (κ3) is 4.01. The Kier molecular flexibility index (Phi) is 5.11. The second-order valence-corrected chi connectivity index (χ2v) is 9.30. The lowest BCUT2D eigenvalue weighted by Crippen LogP contribution is -2.41. The predicted molar refractivity (Wildman–Crippen MR) is 146 cm³/mol. The summed E-state index contributed by atoms with van der Waals surface area (Å²) < 4.78 is 0. The first kappa shape index (κ1) is 21.7. The van der Waals surface area contributed by atoms with Gasteiger partial charge in [0, 0.05) is 39.0 Å². The molecule has 0 aliphatic carbocycles.